The molecule has 20 heavy (non-hydrogen) atoms. The van der Waals surface area contributed by atoms with E-state index in [0.717, 1.165) is 0 Å². The molecule has 0 aliphatic heterocycles. The Bertz CT molecular complexity index is 906. The van der Waals surface area contributed by atoms with Gasteiger partial charge in [-0.05, 0) is 12.1 Å². The minimum absolute atomic E-state index is 0.0535. The van der Waals surface area contributed by atoms with Gasteiger partial charge in [0.05, 0.1) is 12.7 Å². The third-order valence-corrected chi connectivity index (χ3v) is 2.85. The van der Waals surface area contributed by atoms with Gasteiger partial charge < -0.3 is 14.8 Å². The molecule has 3 aromatic rings. The normalized spacial score (nSPS) is 10.8. The number of benzene rings is 1. The predicted octanol–water partition coefficient (Wildman–Crippen LogP) is 0.321. The molecule has 2 aromatic heterocycles. The zero-order valence-electron chi connectivity index (χ0n) is 10.4. The van der Waals surface area contributed by atoms with Crippen molar-refractivity contribution in [3.05, 3.63) is 39.0 Å². The summed E-state index contributed by atoms with van der Waals surface area (Å²) >= 11 is 0. The molecule has 0 atom stereocenters. The van der Waals surface area contributed by atoms with E-state index in [1.54, 1.807) is 12.1 Å². The van der Waals surface area contributed by atoms with E-state index in [0.29, 0.717) is 11.3 Å². The number of imidazole rings is 1. The highest BCUT2D eigenvalue weighted by Gasteiger charge is 2.13. The van der Waals surface area contributed by atoms with E-state index >= 15 is 0 Å². The Hall–Kier alpha value is -3.03. The number of nitrogens with zero attached hydrogens (tertiary/aromatic N) is 1. The number of phenols is 1. The zero-order chi connectivity index (χ0) is 14.3. The van der Waals surface area contributed by atoms with Crippen molar-refractivity contribution in [2.75, 3.05) is 7.11 Å². The first kappa shape index (κ1) is 12.0. The summed E-state index contributed by atoms with van der Waals surface area (Å²) in [6.07, 6.45) is 0. The molecule has 3 rings (SSSR count). The van der Waals surface area contributed by atoms with Crippen LogP contribution in [-0.2, 0) is 0 Å². The van der Waals surface area contributed by atoms with Crippen molar-refractivity contribution in [3.63, 3.8) is 0 Å². The Kier molecular flexibility index (Phi) is 2.56. The highest BCUT2D eigenvalue weighted by atomic mass is 16.5. The fraction of sp³-hybridized carbons (Fsp3) is 0.0833. The van der Waals surface area contributed by atoms with Crippen LogP contribution in [0.5, 0.6) is 11.5 Å². The molecule has 0 fully saturated rings. The van der Waals surface area contributed by atoms with E-state index in [-0.39, 0.29) is 22.7 Å². The van der Waals surface area contributed by atoms with Gasteiger partial charge in [-0.3, -0.25) is 14.8 Å². The summed E-state index contributed by atoms with van der Waals surface area (Å²) in [6, 6.07) is 4.67. The van der Waals surface area contributed by atoms with Crippen molar-refractivity contribution in [2.24, 2.45) is 0 Å². The molecule has 0 unspecified atom stereocenters. The first-order chi connectivity index (χ1) is 9.58. The average Bonchev–Trinajstić information content (AvgIpc) is 2.82. The Balaban J connectivity index is 2.22. The van der Waals surface area contributed by atoms with E-state index < -0.39 is 11.2 Å². The van der Waals surface area contributed by atoms with E-state index in [1.807, 2.05) is 0 Å². The van der Waals surface area contributed by atoms with Gasteiger partial charge in [-0.15, -0.1) is 0 Å². The number of H-pyrrole nitrogens is 3. The number of hydrogen-bond donors (Lipinski definition) is 4. The molecule has 0 aliphatic rings. The number of aromatic nitrogens is 4. The van der Waals surface area contributed by atoms with Crippen LogP contribution in [0, 0.1) is 0 Å². The fourth-order valence-corrected chi connectivity index (χ4v) is 1.90. The molecule has 8 nitrogen and oxygen atoms in total. The molecule has 0 saturated heterocycles. The summed E-state index contributed by atoms with van der Waals surface area (Å²) in [6.45, 7) is 0. The summed E-state index contributed by atoms with van der Waals surface area (Å²) < 4.78 is 4.99. The monoisotopic (exact) mass is 274 g/mol. The number of methoxy groups -OCH3 is 1. The van der Waals surface area contributed by atoms with Crippen LogP contribution in [-0.4, -0.2) is 32.2 Å². The van der Waals surface area contributed by atoms with Crippen molar-refractivity contribution in [3.8, 4) is 22.9 Å². The van der Waals surface area contributed by atoms with Crippen LogP contribution in [0.2, 0.25) is 0 Å². The van der Waals surface area contributed by atoms with E-state index in [9.17, 15) is 14.7 Å². The smallest absolute Gasteiger partial charge is 0.327 e. The largest absolute Gasteiger partial charge is 0.507 e. The first-order valence-corrected chi connectivity index (χ1v) is 5.68. The molecule has 0 amide bonds. The van der Waals surface area contributed by atoms with Gasteiger partial charge in [-0.2, -0.15) is 0 Å². The molecule has 1 aromatic carbocycles. The Labute approximate surface area is 111 Å². The van der Waals surface area contributed by atoms with Crippen LogP contribution in [0.25, 0.3) is 22.6 Å². The second kappa shape index (κ2) is 4.26. The standard InChI is InChI=1S/C12H10N4O4/c1-20-5-2-3-6(7(17)4-5)9-13-8-10(14-9)15-12(19)16-11(8)18/h2-4,17H,1H3,(H3,13,14,15,16,18,19). The van der Waals surface area contributed by atoms with E-state index in [1.165, 1.54) is 13.2 Å². The van der Waals surface area contributed by atoms with Gasteiger partial charge in [-0.1, -0.05) is 0 Å². The quantitative estimate of drug-likeness (QED) is 0.535. The molecular weight excluding hydrogens is 264 g/mol. The molecule has 4 N–H and O–H groups in total. The Morgan fingerprint density at radius 2 is 2.00 bits per heavy atom. The molecule has 2 heterocycles. The fourth-order valence-electron chi connectivity index (χ4n) is 1.90. The van der Waals surface area contributed by atoms with Gasteiger partial charge in [0, 0.05) is 6.07 Å². The summed E-state index contributed by atoms with van der Waals surface area (Å²) in [4.78, 5) is 34.1. The summed E-state index contributed by atoms with van der Waals surface area (Å²) in [5.41, 5.74) is -0.559. The van der Waals surface area contributed by atoms with Crippen LogP contribution in [0.15, 0.2) is 27.8 Å². The summed E-state index contributed by atoms with van der Waals surface area (Å²) in [7, 11) is 1.49. The summed E-state index contributed by atoms with van der Waals surface area (Å²) in [5, 5.41) is 9.93. The van der Waals surface area contributed by atoms with Crippen LogP contribution < -0.4 is 16.0 Å². The number of aromatic amines is 3. The van der Waals surface area contributed by atoms with Gasteiger partial charge >= 0.3 is 5.69 Å². The second-order valence-corrected chi connectivity index (χ2v) is 4.10. The van der Waals surface area contributed by atoms with Crippen LogP contribution >= 0.6 is 0 Å². The lowest BCUT2D eigenvalue weighted by Crippen LogP contribution is -2.21. The molecule has 8 heteroatoms. The van der Waals surface area contributed by atoms with Gasteiger partial charge in [0.15, 0.2) is 5.65 Å². The third-order valence-electron chi connectivity index (χ3n) is 2.85. The van der Waals surface area contributed by atoms with Gasteiger partial charge in [0.25, 0.3) is 5.56 Å². The van der Waals surface area contributed by atoms with E-state index in [2.05, 4.69) is 19.9 Å². The number of ether oxygens (including phenoxy) is 1. The van der Waals surface area contributed by atoms with Crippen LogP contribution in [0.1, 0.15) is 0 Å². The van der Waals surface area contributed by atoms with E-state index in [4.69, 9.17) is 4.74 Å². The third kappa shape index (κ3) is 1.83. The minimum Gasteiger partial charge on any atom is -0.507 e. The molecule has 0 bridgehead atoms. The maximum absolute atomic E-state index is 11.6. The van der Waals surface area contributed by atoms with Gasteiger partial charge in [-0.25, -0.2) is 9.78 Å². The molecule has 0 aliphatic carbocycles. The van der Waals surface area contributed by atoms with Crippen molar-refractivity contribution >= 4 is 11.2 Å². The number of hydrogen-bond acceptors (Lipinski definition) is 5. The number of nitrogens with one attached hydrogen (secondary N) is 3. The number of aromatic hydroxyl groups is 1. The number of rotatable bonds is 2. The number of fused-ring (bicyclic) bond motifs is 1. The maximum Gasteiger partial charge on any atom is 0.327 e. The SMILES string of the molecule is COc1ccc(-c2nc3[nH]c(=O)[nH]c(=O)c3[nH]2)c(O)c1. The lowest BCUT2D eigenvalue weighted by atomic mass is 10.2. The van der Waals surface area contributed by atoms with Crippen LogP contribution in [0.3, 0.4) is 0 Å². The molecule has 0 saturated carbocycles. The zero-order valence-corrected chi connectivity index (χ0v) is 10.4. The predicted molar refractivity (Wildman–Crippen MR) is 71.0 cm³/mol. The van der Waals surface area contributed by atoms with Crippen molar-refractivity contribution in [2.45, 2.75) is 0 Å². The first-order valence-electron chi connectivity index (χ1n) is 5.68. The van der Waals surface area contributed by atoms with Crippen molar-refractivity contribution in [1.82, 2.24) is 19.9 Å². The maximum atomic E-state index is 11.6. The van der Waals surface area contributed by atoms with Crippen molar-refractivity contribution < 1.29 is 9.84 Å². The minimum atomic E-state index is -0.639. The lowest BCUT2D eigenvalue weighted by Gasteiger charge is -2.03. The van der Waals surface area contributed by atoms with Gasteiger partial charge in [0.2, 0.25) is 0 Å². The second-order valence-electron chi connectivity index (χ2n) is 4.10. The molecule has 0 radical (unpaired) electrons. The average molecular weight is 274 g/mol. The molecular formula is C12H10N4O4. The summed E-state index contributed by atoms with van der Waals surface area (Å²) in [5.74, 6) is 0.711. The highest BCUT2D eigenvalue weighted by Crippen LogP contribution is 2.30. The topological polar surface area (TPSA) is 124 Å². The van der Waals surface area contributed by atoms with Crippen LogP contribution in [0.4, 0.5) is 0 Å². The van der Waals surface area contributed by atoms with Crippen molar-refractivity contribution in [1.29, 1.82) is 0 Å². The van der Waals surface area contributed by atoms with Gasteiger partial charge in [0.1, 0.15) is 22.8 Å². The molecule has 0 spiro atoms. The lowest BCUT2D eigenvalue weighted by molar-refractivity contribution is 0.408. The Morgan fingerprint density at radius 3 is 2.70 bits per heavy atom. The Morgan fingerprint density at radius 1 is 1.20 bits per heavy atom. The highest BCUT2D eigenvalue weighted by molar-refractivity contribution is 5.76. The molecule has 102 valence electrons. The number of phenolic OH excluding ortho intramolecular Hbond substituents is 1.